The van der Waals surface area contributed by atoms with Crippen molar-refractivity contribution in [1.82, 2.24) is 0 Å². The van der Waals surface area contributed by atoms with Gasteiger partial charge < -0.3 is 9.84 Å². The molecular weight excluding hydrogens is 255 g/mol. The van der Waals surface area contributed by atoms with E-state index in [4.69, 9.17) is 4.74 Å². The van der Waals surface area contributed by atoms with Crippen molar-refractivity contribution < 1.29 is 14.2 Å². The van der Waals surface area contributed by atoms with Crippen molar-refractivity contribution in [3.63, 3.8) is 0 Å². The van der Waals surface area contributed by atoms with Gasteiger partial charge in [-0.15, -0.1) is 0 Å². The van der Waals surface area contributed by atoms with Gasteiger partial charge in [0, 0.05) is 0 Å². The molecule has 2 rings (SSSR count). The van der Waals surface area contributed by atoms with Gasteiger partial charge in [-0.25, -0.2) is 4.39 Å². The Morgan fingerprint density at radius 2 is 1.85 bits per heavy atom. The molecule has 0 saturated heterocycles. The van der Waals surface area contributed by atoms with Crippen LogP contribution >= 0.6 is 0 Å². The zero-order chi connectivity index (χ0) is 14.6. The Hall–Kier alpha value is -1.87. The third kappa shape index (κ3) is 3.58. The summed E-state index contributed by atoms with van der Waals surface area (Å²) in [6, 6.07) is 13.9. The zero-order valence-corrected chi connectivity index (χ0v) is 11.8. The molecule has 0 aliphatic rings. The number of aliphatic hydroxyl groups is 1. The number of methoxy groups -OCH3 is 1. The van der Waals surface area contributed by atoms with Gasteiger partial charge in [-0.2, -0.15) is 0 Å². The third-order valence-corrected chi connectivity index (χ3v) is 3.51. The normalized spacial score (nSPS) is 13.8. The molecular formula is C17H19FO2. The van der Waals surface area contributed by atoms with Gasteiger partial charge in [0.15, 0.2) is 0 Å². The molecule has 1 atom stereocenters. The van der Waals surface area contributed by atoms with Crippen molar-refractivity contribution in [2.75, 3.05) is 7.11 Å². The Morgan fingerprint density at radius 1 is 1.15 bits per heavy atom. The van der Waals surface area contributed by atoms with Crippen LogP contribution in [-0.2, 0) is 12.0 Å². The number of rotatable bonds is 5. The average Bonchev–Trinajstić information content (AvgIpc) is 2.46. The van der Waals surface area contributed by atoms with Gasteiger partial charge in [0.25, 0.3) is 0 Å². The van der Waals surface area contributed by atoms with E-state index in [1.165, 1.54) is 12.1 Å². The van der Waals surface area contributed by atoms with Crippen molar-refractivity contribution in [3.8, 4) is 5.75 Å². The van der Waals surface area contributed by atoms with Crippen molar-refractivity contribution in [1.29, 1.82) is 0 Å². The van der Waals surface area contributed by atoms with Crippen LogP contribution in [-0.4, -0.2) is 12.2 Å². The maximum Gasteiger partial charge on any atom is 0.123 e. The molecule has 0 heterocycles. The quantitative estimate of drug-likeness (QED) is 0.901. The minimum absolute atomic E-state index is 0.327. The highest BCUT2D eigenvalue weighted by molar-refractivity contribution is 5.28. The highest BCUT2D eigenvalue weighted by Crippen LogP contribution is 2.27. The number of ether oxygens (including phenoxy) is 1. The van der Waals surface area contributed by atoms with Crippen LogP contribution in [0.15, 0.2) is 48.5 Å². The van der Waals surface area contributed by atoms with Crippen LogP contribution in [0, 0.1) is 5.82 Å². The van der Waals surface area contributed by atoms with Gasteiger partial charge in [0.05, 0.1) is 12.7 Å². The molecule has 2 nitrogen and oxygen atoms in total. The number of benzene rings is 2. The summed E-state index contributed by atoms with van der Waals surface area (Å²) in [5.74, 6) is 0.484. The molecule has 0 spiro atoms. The summed E-state index contributed by atoms with van der Waals surface area (Å²) in [5.41, 5.74) is 0.677. The Kier molecular flexibility index (Phi) is 4.40. The number of halogens is 1. The minimum Gasteiger partial charge on any atom is -0.497 e. The molecule has 20 heavy (non-hydrogen) atoms. The van der Waals surface area contributed by atoms with Gasteiger partial charge in [-0.05, 0) is 55.2 Å². The molecule has 0 amide bonds. The fraction of sp³-hybridized carbons (Fsp3) is 0.294. The van der Waals surface area contributed by atoms with Crippen molar-refractivity contribution in [2.45, 2.75) is 25.4 Å². The van der Waals surface area contributed by atoms with E-state index >= 15 is 0 Å². The molecule has 0 aliphatic heterocycles. The SMILES string of the molecule is COc1ccc(CCC(C)(O)c2cccc(F)c2)cc1. The second-order valence-electron chi connectivity index (χ2n) is 5.13. The van der Waals surface area contributed by atoms with Gasteiger partial charge in [0.1, 0.15) is 11.6 Å². The number of hydrogen-bond acceptors (Lipinski definition) is 2. The molecule has 0 saturated carbocycles. The van der Waals surface area contributed by atoms with E-state index < -0.39 is 5.60 Å². The van der Waals surface area contributed by atoms with Crippen molar-refractivity contribution >= 4 is 0 Å². The Balaban J connectivity index is 2.04. The van der Waals surface area contributed by atoms with Gasteiger partial charge in [-0.3, -0.25) is 0 Å². The third-order valence-electron chi connectivity index (χ3n) is 3.51. The highest BCUT2D eigenvalue weighted by Gasteiger charge is 2.23. The summed E-state index contributed by atoms with van der Waals surface area (Å²) in [4.78, 5) is 0. The summed E-state index contributed by atoms with van der Waals surface area (Å²) in [7, 11) is 1.63. The van der Waals surface area contributed by atoms with Crippen LogP contribution in [0.5, 0.6) is 5.75 Å². The molecule has 1 unspecified atom stereocenters. The smallest absolute Gasteiger partial charge is 0.123 e. The average molecular weight is 274 g/mol. The Labute approximate surface area is 118 Å². The fourth-order valence-corrected chi connectivity index (χ4v) is 2.15. The molecule has 0 fully saturated rings. The van der Waals surface area contributed by atoms with Crippen LogP contribution in [0.1, 0.15) is 24.5 Å². The largest absolute Gasteiger partial charge is 0.497 e. The van der Waals surface area contributed by atoms with E-state index in [1.807, 2.05) is 24.3 Å². The number of aryl methyl sites for hydroxylation is 1. The first-order valence-corrected chi connectivity index (χ1v) is 6.62. The number of hydrogen-bond donors (Lipinski definition) is 1. The lowest BCUT2D eigenvalue weighted by atomic mass is 9.89. The lowest BCUT2D eigenvalue weighted by Crippen LogP contribution is -2.22. The maximum absolute atomic E-state index is 13.2. The fourth-order valence-electron chi connectivity index (χ4n) is 2.15. The van der Waals surface area contributed by atoms with E-state index in [1.54, 1.807) is 26.2 Å². The summed E-state index contributed by atoms with van der Waals surface area (Å²) in [6.07, 6.45) is 1.25. The first-order chi connectivity index (χ1) is 9.51. The second-order valence-corrected chi connectivity index (χ2v) is 5.13. The summed E-state index contributed by atoms with van der Waals surface area (Å²) in [5, 5.41) is 10.5. The molecule has 2 aromatic rings. The maximum atomic E-state index is 13.2. The zero-order valence-electron chi connectivity index (χ0n) is 11.8. The van der Waals surface area contributed by atoms with E-state index in [2.05, 4.69) is 0 Å². The van der Waals surface area contributed by atoms with E-state index in [0.29, 0.717) is 18.4 Å². The molecule has 3 heteroatoms. The van der Waals surface area contributed by atoms with Crippen molar-refractivity contribution in [2.24, 2.45) is 0 Å². The van der Waals surface area contributed by atoms with Crippen LogP contribution in [0.25, 0.3) is 0 Å². The van der Waals surface area contributed by atoms with Gasteiger partial charge >= 0.3 is 0 Å². The lowest BCUT2D eigenvalue weighted by molar-refractivity contribution is 0.0477. The Morgan fingerprint density at radius 3 is 2.45 bits per heavy atom. The molecule has 106 valence electrons. The second kappa shape index (κ2) is 6.06. The molecule has 1 N–H and O–H groups in total. The first kappa shape index (κ1) is 14.5. The lowest BCUT2D eigenvalue weighted by Gasteiger charge is -2.24. The predicted molar refractivity (Wildman–Crippen MR) is 77.3 cm³/mol. The van der Waals surface area contributed by atoms with Crippen LogP contribution in [0.4, 0.5) is 4.39 Å². The molecule has 0 bridgehead atoms. The topological polar surface area (TPSA) is 29.5 Å². The summed E-state index contributed by atoms with van der Waals surface area (Å²) < 4.78 is 18.3. The van der Waals surface area contributed by atoms with Gasteiger partial charge in [-0.1, -0.05) is 24.3 Å². The Bertz CT molecular complexity index is 561. The summed E-state index contributed by atoms with van der Waals surface area (Å²) in [6.45, 7) is 1.71. The van der Waals surface area contributed by atoms with E-state index in [9.17, 15) is 9.50 Å². The van der Waals surface area contributed by atoms with Crippen LogP contribution in [0.2, 0.25) is 0 Å². The van der Waals surface area contributed by atoms with Crippen LogP contribution < -0.4 is 4.74 Å². The van der Waals surface area contributed by atoms with E-state index in [0.717, 1.165) is 11.3 Å². The van der Waals surface area contributed by atoms with Crippen LogP contribution in [0.3, 0.4) is 0 Å². The monoisotopic (exact) mass is 274 g/mol. The molecule has 2 aromatic carbocycles. The molecule has 0 aliphatic carbocycles. The first-order valence-electron chi connectivity index (χ1n) is 6.62. The minimum atomic E-state index is -1.04. The standard InChI is InChI=1S/C17H19FO2/c1-17(19,14-4-3-5-15(18)12-14)11-10-13-6-8-16(20-2)9-7-13/h3-9,12,19H,10-11H2,1-2H3. The predicted octanol–water partition coefficient (Wildman–Crippen LogP) is 3.67. The van der Waals surface area contributed by atoms with E-state index in [-0.39, 0.29) is 5.82 Å². The highest BCUT2D eigenvalue weighted by atomic mass is 19.1. The van der Waals surface area contributed by atoms with Gasteiger partial charge in [0.2, 0.25) is 0 Å². The molecule has 0 aromatic heterocycles. The van der Waals surface area contributed by atoms with Crippen molar-refractivity contribution in [3.05, 3.63) is 65.5 Å². The molecule has 0 radical (unpaired) electrons. The summed E-state index contributed by atoms with van der Waals surface area (Å²) >= 11 is 0.